The Hall–Kier alpha value is -2.97. The fraction of sp³-hybridized carbons (Fsp3) is 0.385. The van der Waals surface area contributed by atoms with Crippen molar-refractivity contribution in [2.75, 3.05) is 13.1 Å². The van der Waals surface area contributed by atoms with Crippen LogP contribution in [0.2, 0.25) is 0 Å². The van der Waals surface area contributed by atoms with E-state index in [2.05, 4.69) is 0 Å². The maximum absolute atomic E-state index is 13.2. The van der Waals surface area contributed by atoms with Crippen LogP contribution in [0.1, 0.15) is 47.3 Å². The van der Waals surface area contributed by atoms with Gasteiger partial charge in [-0.25, -0.2) is 18.0 Å². The van der Waals surface area contributed by atoms with E-state index in [9.17, 15) is 18.0 Å². The van der Waals surface area contributed by atoms with Crippen LogP contribution in [-0.4, -0.2) is 31.8 Å². The van der Waals surface area contributed by atoms with Crippen molar-refractivity contribution in [2.24, 2.45) is 11.8 Å². The quantitative estimate of drug-likeness (QED) is 0.394. The van der Waals surface area contributed by atoms with Crippen molar-refractivity contribution in [3.05, 3.63) is 75.1 Å². The van der Waals surface area contributed by atoms with Gasteiger partial charge in [-0.1, -0.05) is 32.0 Å². The smallest absolute Gasteiger partial charge is 0.338 e. The minimum atomic E-state index is -3.72. The lowest BCUT2D eigenvalue weighted by Crippen LogP contribution is -2.42. The van der Waals surface area contributed by atoms with E-state index in [-0.39, 0.29) is 28.9 Å². The minimum Gasteiger partial charge on any atom is -0.457 e. The molecule has 0 radical (unpaired) electrons. The standard InChI is InChI=1S/C26H29NO6S/c1-16-10-17(2)14-27(13-16)34(30,31)22-7-5-6-20(11-22)26(29)32-15-21-12-24(28)33-25-19(4)18(3)8-9-23(21)25/h5-9,11-12,16-17H,10,13-15H2,1-4H3. The molecular weight excluding hydrogens is 454 g/mol. The molecule has 180 valence electrons. The second-order valence-corrected chi connectivity index (χ2v) is 11.3. The second-order valence-electron chi connectivity index (χ2n) is 9.35. The Labute approximate surface area is 199 Å². The minimum absolute atomic E-state index is 0.0696. The summed E-state index contributed by atoms with van der Waals surface area (Å²) in [6.07, 6.45) is 0.990. The molecule has 0 spiro atoms. The molecule has 0 N–H and O–H groups in total. The summed E-state index contributed by atoms with van der Waals surface area (Å²) in [6.45, 7) is 8.67. The number of fused-ring (bicyclic) bond motifs is 1. The number of carbonyl (C=O) groups excluding carboxylic acids is 1. The average Bonchev–Trinajstić information content (AvgIpc) is 2.79. The largest absolute Gasteiger partial charge is 0.457 e. The number of sulfonamides is 1. The van der Waals surface area contributed by atoms with Crippen LogP contribution < -0.4 is 5.63 Å². The lowest BCUT2D eigenvalue weighted by molar-refractivity contribution is 0.0473. The summed E-state index contributed by atoms with van der Waals surface area (Å²) in [5.41, 5.74) is 2.45. The third-order valence-electron chi connectivity index (χ3n) is 6.42. The average molecular weight is 484 g/mol. The maximum atomic E-state index is 13.2. The zero-order valence-electron chi connectivity index (χ0n) is 19.8. The summed E-state index contributed by atoms with van der Waals surface area (Å²) in [5.74, 6) is -0.113. The SMILES string of the molecule is Cc1ccc2c(COC(=O)c3cccc(S(=O)(=O)N4CC(C)CC(C)C4)c3)cc(=O)oc2c1C. The fourth-order valence-electron chi connectivity index (χ4n) is 4.61. The highest BCUT2D eigenvalue weighted by atomic mass is 32.2. The van der Waals surface area contributed by atoms with Crippen LogP contribution in [0.25, 0.3) is 11.0 Å². The first-order chi connectivity index (χ1) is 16.1. The molecule has 7 nitrogen and oxygen atoms in total. The summed E-state index contributed by atoms with van der Waals surface area (Å²) >= 11 is 0. The number of esters is 1. The van der Waals surface area contributed by atoms with Crippen LogP contribution in [-0.2, 0) is 21.4 Å². The van der Waals surface area contributed by atoms with Crippen molar-refractivity contribution < 1.29 is 22.4 Å². The highest BCUT2D eigenvalue weighted by Gasteiger charge is 2.32. The Morgan fingerprint density at radius 1 is 1.09 bits per heavy atom. The predicted molar refractivity (Wildman–Crippen MR) is 129 cm³/mol. The van der Waals surface area contributed by atoms with Crippen LogP contribution >= 0.6 is 0 Å². The van der Waals surface area contributed by atoms with E-state index in [4.69, 9.17) is 9.15 Å². The van der Waals surface area contributed by atoms with Crippen LogP contribution in [0.15, 0.2) is 56.6 Å². The van der Waals surface area contributed by atoms with Gasteiger partial charge in [0.2, 0.25) is 10.0 Å². The lowest BCUT2D eigenvalue weighted by Gasteiger charge is -2.34. The van der Waals surface area contributed by atoms with E-state index in [1.54, 1.807) is 6.07 Å². The van der Waals surface area contributed by atoms with Crippen molar-refractivity contribution in [1.29, 1.82) is 0 Å². The van der Waals surface area contributed by atoms with Crippen LogP contribution in [0.5, 0.6) is 0 Å². The Balaban J connectivity index is 1.56. The van der Waals surface area contributed by atoms with E-state index in [0.29, 0.717) is 29.6 Å². The van der Waals surface area contributed by atoms with Gasteiger partial charge >= 0.3 is 11.6 Å². The second kappa shape index (κ2) is 9.35. The van der Waals surface area contributed by atoms with Crippen molar-refractivity contribution in [3.8, 4) is 0 Å². The van der Waals surface area contributed by atoms with Gasteiger partial charge in [0.15, 0.2) is 0 Å². The van der Waals surface area contributed by atoms with Gasteiger partial charge in [0.05, 0.1) is 10.5 Å². The number of ether oxygens (including phenoxy) is 1. The van der Waals surface area contributed by atoms with Crippen molar-refractivity contribution in [2.45, 2.75) is 45.6 Å². The van der Waals surface area contributed by atoms with E-state index in [0.717, 1.165) is 17.5 Å². The van der Waals surface area contributed by atoms with Crippen molar-refractivity contribution in [3.63, 3.8) is 0 Å². The molecule has 1 saturated heterocycles. The van der Waals surface area contributed by atoms with E-state index in [1.165, 1.54) is 28.6 Å². The zero-order chi connectivity index (χ0) is 24.6. The topological polar surface area (TPSA) is 93.9 Å². The number of carbonyl (C=O) groups is 1. The fourth-order valence-corrected chi connectivity index (χ4v) is 6.33. The number of benzene rings is 2. The Morgan fingerprint density at radius 2 is 1.79 bits per heavy atom. The van der Waals surface area contributed by atoms with Gasteiger partial charge in [0, 0.05) is 30.1 Å². The molecule has 2 atom stereocenters. The van der Waals surface area contributed by atoms with Gasteiger partial charge < -0.3 is 9.15 Å². The van der Waals surface area contributed by atoms with Crippen LogP contribution in [0.3, 0.4) is 0 Å². The number of piperidine rings is 1. The van der Waals surface area contributed by atoms with E-state index in [1.807, 2.05) is 39.8 Å². The summed E-state index contributed by atoms with van der Waals surface area (Å²) in [5, 5.41) is 0.695. The summed E-state index contributed by atoms with van der Waals surface area (Å²) in [6, 6.07) is 11.0. The Kier molecular flexibility index (Phi) is 6.64. The molecule has 0 aliphatic carbocycles. The first-order valence-corrected chi connectivity index (χ1v) is 12.8. The molecule has 2 aromatic carbocycles. The maximum Gasteiger partial charge on any atom is 0.338 e. The van der Waals surface area contributed by atoms with Gasteiger partial charge in [-0.15, -0.1) is 0 Å². The Morgan fingerprint density at radius 3 is 2.50 bits per heavy atom. The van der Waals surface area contributed by atoms with Crippen molar-refractivity contribution >= 4 is 27.0 Å². The first-order valence-electron chi connectivity index (χ1n) is 11.4. The molecule has 8 heteroatoms. The van der Waals surface area contributed by atoms with Crippen LogP contribution in [0, 0.1) is 25.7 Å². The summed E-state index contributed by atoms with van der Waals surface area (Å²) in [4.78, 5) is 24.9. The molecule has 3 aromatic rings. The normalized spacial score (nSPS) is 19.3. The third-order valence-corrected chi connectivity index (χ3v) is 8.25. The van der Waals surface area contributed by atoms with Gasteiger partial charge in [-0.2, -0.15) is 4.31 Å². The monoisotopic (exact) mass is 483 g/mol. The molecule has 0 bridgehead atoms. The third kappa shape index (κ3) is 4.79. The van der Waals surface area contributed by atoms with E-state index < -0.39 is 21.6 Å². The number of nitrogens with zero attached hydrogens (tertiary/aromatic N) is 1. The molecule has 4 rings (SSSR count). The summed E-state index contributed by atoms with van der Waals surface area (Å²) < 4.78 is 38.7. The highest BCUT2D eigenvalue weighted by Crippen LogP contribution is 2.27. The van der Waals surface area contributed by atoms with Crippen molar-refractivity contribution in [1.82, 2.24) is 4.31 Å². The molecular formula is C26H29NO6S. The van der Waals surface area contributed by atoms with E-state index >= 15 is 0 Å². The highest BCUT2D eigenvalue weighted by molar-refractivity contribution is 7.89. The molecule has 34 heavy (non-hydrogen) atoms. The molecule has 1 aliphatic rings. The number of rotatable bonds is 5. The molecule has 2 unspecified atom stereocenters. The molecule has 1 aliphatic heterocycles. The molecule has 0 amide bonds. The number of aryl methyl sites for hydroxylation is 2. The van der Waals surface area contributed by atoms with Crippen LogP contribution in [0.4, 0.5) is 0 Å². The zero-order valence-corrected chi connectivity index (χ0v) is 20.6. The van der Waals surface area contributed by atoms with Gasteiger partial charge in [-0.05, 0) is 61.4 Å². The predicted octanol–water partition coefficient (Wildman–Crippen LogP) is 4.43. The first kappa shape index (κ1) is 24.2. The molecule has 0 saturated carbocycles. The lowest BCUT2D eigenvalue weighted by atomic mass is 9.94. The van der Waals surface area contributed by atoms with Gasteiger partial charge in [0.1, 0.15) is 12.2 Å². The van der Waals surface area contributed by atoms with Gasteiger partial charge in [-0.3, -0.25) is 0 Å². The summed E-state index contributed by atoms with van der Waals surface area (Å²) in [7, 11) is -3.72. The Bertz CT molecular complexity index is 1400. The number of hydrogen-bond donors (Lipinski definition) is 0. The van der Waals surface area contributed by atoms with Gasteiger partial charge in [0.25, 0.3) is 0 Å². The molecule has 2 heterocycles. The molecule has 1 aromatic heterocycles. The number of hydrogen-bond acceptors (Lipinski definition) is 6. The molecule has 1 fully saturated rings.